The summed E-state index contributed by atoms with van der Waals surface area (Å²) in [5, 5.41) is 0. The van der Waals surface area contributed by atoms with Crippen LogP contribution in [0.15, 0.2) is 12.1 Å². The second-order valence-corrected chi connectivity index (χ2v) is 9.03. The van der Waals surface area contributed by atoms with E-state index in [1.165, 1.54) is 38.5 Å². The van der Waals surface area contributed by atoms with Gasteiger partial charge in [-0.25, -0.2) is 4.39 Å². The molecule has 2 aliphatic rings. The lowest BCUT2D eigenvalue weighted by atomic mass is 9.68. The number of ketones is 1. The van der Waals surface area contributed by atoms with Gasteiger partial charge in [0.05, 0.1) is 6.61 Å². The van der Waals surface area contributed by atoms with Crippen LogP contribution in [0.3, 0.4) is 0 Å². The Hall–Kier alpha value is -1.38. The first-order valence-electron chi connectivity index (χ1n) is 11.5. The molecule has 2 saturated carbocycles. The van der Waals surface area contributed by atoms with Gasteiger partial charge in [0.25, 0.3) is 0 Å². The first-order chi connectivity index (χ1) is 13.5. The summed E-state index contributed by atoms with van der Waals surface area (Å²) in [5.41, 5.74) is 0.983. The fraction of sp³-hybridized carbons (Fsp3) is 0.720. The largest absolute Gasteiger partial charge is 0.491 e. The van der Waals surface area contributed by atoms with E-state index in [4.69, 9.17) is 4.74 Å². The number of hydrogen-bond donors (Lipinski definition) is 0. The van der Waals surface area contributed by atoms with E-state index in [-0.39, 0.29) is 23.3 Å². The molecule has 156 valence electrons. The summed E-state index contributed by atoms with van der Waals surface area (Å²) in [6.45, 7) is 6.25. The number of benzene rings is 1. The molecule has 2 fully saturated rings. The predicted octanol–water partition coefficient (Wildman–Crippen LogP) is 7.13. The van der Waals surface area contributed by atoms with Crippen LogP contribution in [-0.4, -0.2) is 12.4 Å². The van der Waals surface area contributed by atoms with Crippen molar-refractivity contribution in [3.8, 4) is 5.75 Å². The molecule has 0 unspecified atom stereocenters. The second-order valence-electron chi connectivity index (χ2n) is 9.03. The van der Waals surface area contributed by atoms with Crippen LogP contribution in [0.4, 0.5) is 4.39 Å². The highest BCUT2D eigenvalue weighted by atomic mass is 19.1. The molecule has 0 spiro atoms. The minimum atomic E-state index is -0.384. The van der Waals surface area contributed by atoms with Gasteiger partial charge < -0.3 is 4.74 Å². The molecular weight excluding hydrogens is 351 g/mol. The normalized spacial score (nSPS) is 28.1. The summed E-state index contributed by atoms with van der Waals surface area (Å²) < 4.78 is 19.8. The van der Waals surface area contributed by atoms with Gasteiger partial charge in [-0.15, -0.1) is 0 Å². The number of carbonyl (C=O) groups excluding carboxylic acids is 1. The fourth-order valence-electron chi connectivity index (χ4n) is 5.62. The van der Waals surface area contributed by atoms with Crippen molar-refractivity contribution in [2.24, 2.45) is 23.7 Å². The molecule has 0 bridgehead atoms. The van der Waals surface area contributed by atoms with Crippen molar-refractivity contribution in [3.63, 3.8) is 0 Å². The van der Waals surface area contributed by atoms with E-state index in [2.05, 4.69) is 6.92 Å². The molecule has 0 heterocycles. The van der Waals surface area contributed by atoms with Crippen LogP contribution in [0.2, 0.25) is 0 Å². The number of halogens is 1. The average molecular weight is 389 g/mol. The van der Waals surface area contributed by atoms with Crippen LogP contribution in [0.25, 0.3) is 0 Å². The molecule has 0 saturated heterocycles. The molecule has 3 heteroatoms. The van der Waals surface area contributed by atoms with Crippen LogP contribution in [0, 0.1) is 36.4 Å². The van der Waals surface area contributed by atoms with Crippen LogP contribution in [0.1, 0.15) is 94.0 Å². The second kappa shape index (κ2) is 9.89. The zero-order chi connectivity index (χ0) is 20.1. The summed E-state index contributed by atoms with van der Waals surface area (Å²) in [6, 6.07) is 3.37. The Bertz CT molecular complexity index is 653. The maximum Gasteiger partial charge on any atom is 0.168 e. The molecule has 0 aliphatic heterocycles. The van der Waals surface area contributed by atoms with E-state index in [0.29, 0.717) is 17.7 Å². The number of hydrogen-bond acceptors (Lipinski definition) is 2. The molecule has 0 aromatic heterocycles. The molecule has 2 nitrogen and oxygen atoms in total. The van der Waals surface area contributed by atoms with Gasteiger partial charge in [0.15, 0.2) is 17.3 Å². The van der Waals surface area contributed by atoms with Crippen molar-refractivity contribution in [3.05, 3.63) is 29.1 Å². The van der Waals surface area contributed by atoms with Gasteiger partial charge in [-0.05, 0) is 87.8 Å². The molecule has 3 rings (SSSR count). The predicted molar refractivity (Wildman–Crippen MR) is 112 cm³/mol. The maximum absolute atomic E-state index is 14.5. The van der Waals surface area contributed by atoms with E-state index < -0.39 is 0 Å². The third kappa shape index (κ3) is 4.78. The average Bonchev–Trinajstić information content (AvgIpc) is 2.72. The third-order valence-corrected chi connectivity index (χ3v) is 7.31. The SMILES string of the molecule is CCCC1CCC(C2CCC(C(=O)c3ccc(OCC)c(F)c3C)CC2)CC1. The molecule has 0 radical (unpaired) electrons. The highest BCUT2D eigenvalue weighted by Crippen LogP contribution is 2.43. The summed E-state index contributed by atoms with van der Waals surface area (Å²) in [6.07, 6.45) is 12.5. The summed E-state index contributed by atoms with van der Waals surface area (Å²) in [5.74, 6) is 2.67. The third-order valence-electron chi connectivity index (χ3n) is 7.31. The molecular formula is C25H37FO2. The van der Waals surface area contributed by atoms with Crippen molar-refractivity contribution < 1.29 is 13.9 Å². The first-order valence-corrected chi connectivity index (χ1v) is 11.5. The Morgan fingerprint density at radius 1 is 1.00 bits per heavy atom. The molecule has 1 aromatic rings. The lowest BCUT2D eigenvalue weighted by molar-refractivity contribution is 0.0827. The summed E-state index contributed by atoms with van der Waals surface area (Å²) in [4.78, 5) is 13.0. The van der Waals surface area contributed by atoms with Crippen LogP contribution in [-0.2, 0) is 0 Å². The number of Topliss-reactive ketones (excluding diaryl/α,β-unsaturated/α-hetero) is 1. The van der Waals surface area contributed by atoms with Gasteiger partial charge in [0.1, 0.15) is 0 Å². The van der Waals surface area contributed by atoms with E-state index in [9.17, 15) is 9.18 Å². The summed E-state index contributed by atoms with van der Waals surface area (Å²) >= 11 is 0. The number of rotatable bonds is 7. The van der Waals surface area contributed by atoms with Crippen molar-refractivity contribution in [1.82, 2.24) is 0 Å². The van der Waals surface area contributed by atoms with E-state index in [1.807, 2.05) is 6.92 Å². The lowest BCUT2D eigenvalue weighted by Gasteiger charge is -2.37. The topological polar surface area (TPSA) is 26.3 Å². The van der Waals surface area contributed by atoms with Crippen LogP contribution < -0.4 is 4.74 Å². The van der Waals surface area contributed by atoms with Crippen LogP contribution in [0.5, 0.6) is 5.75 Å². The molecule has 28 heavy (non-hydrogen) atoms. The summed E-state index contributed by atoms with van der Waals surface area (Å²) in [7, 11) is 0. The highest BCUT2D eigenvalue weighted by molar-refractivity contribution is 5.99. The fourth-order valence-corrected chi connectivity index (χ4v) is 5.62. The first kappa shape index (κ1) is 21.3. The smallest absolute Gasteiger partial charge is 0.168 e. The number of carbonyl (C=O) groups is 1. The van der Waals surface area contributed by atoms with Gasteiger partial charge in [-0.3, -0.25) is 4.79 Å². The van der Waals surface area contributed by atoms with Gasteiger partial charge in [-0.2, -0.15) is 0 Å². The monoisotopic (exact) mass is 388 g/mol. The standard InChI is InChI=1S/C25H37FO2/c1-4-6-18-7-9-19(10-8-18)20-11-13-21(14-12-20)25(27)22-15-16-23(28-5-2)24(26)17(22)3/h15-16,18-21H,4-14H2,1-3H3. The highest BCUT2D eigenvalue weighted by Gasteiger charge is 2.33. The van der Waals surface area contributed by atoms with Crippen molar-refractivity contribution in [2.75, 3.05) is 6.61 Å². The van der Waals surface area contributed by atoms with Crippen LogP contribution >= 0.6 is 0 Å². The molecule has 0 atom stereocenters. The van der Waals surface area contributed by atoms with E-state index in [1.54, 1.807) is 19.1 Å². The van der Waals surface area contributed by atoms with Gasteiger partial charge in [0.2, 0.25) is 0 Å². The maximum atomic E-state index is 14.5. The Balaban J connectivity index is 1.55. The molecule has 2 aliphatic carbocycles. The Morgan fingerprint density at radius 2 is 1.61 bits per heavy atom. The molecule has 0 amide bonds. The van der Waals surface area contributed by atoms with Gasteiger partial charge in [0, 0.05) is 11.5 Å². The van der Waals surface area contributed by atoms with E-state index >= 15 is 0 Å². The molecule has 1 aromatic carbocycles. The van der Waals surface area contributed by atoms with Gasteiger partial charge in [-0.1, -0.05) is 32.6 Å². The zero-order valence-electron chi connectivity index (χ0n) is 17.9. The Morgan fingerprint density at radius 3 is 2.18 bits per heavy atom. The molecule has 0 N–H and O–H groups in total. The lowest BCUT2D eigenvalue weighted by Crippen LogP contribution is -2.28. The zero-order valence-corrected chi connectivity index (χ0v) is 17.9. The minimum Gasteiger partial charge on any atom is -0.491 e. The Labute approximate surface area is 170 Å². The Kier molecular flexibility index (Phi) is 7.54. The number of ether oxygens (including phenoxy) is 1. The van der Waals surface area contributed by atoms with Crippen molar-refractivity contribution in [2.45, 2.75) is 85.0 Å². The quantitative estimate of drug-likeness (QED) is 0.464. The van der Waals surface area contributed by atoms with Crippen molar-refractivity contribution >= 4 is 5.78 Å². The van der Waals surface area contributed by atoms with E-state index in [0.717, 1.165) is 43.4 Å². The minimum absolute atomic E-state index is 0.0590. The van der Waals surface area contributed by atoms with Gasteiger partial charge >= 0.3 is 0 Å². The van der Waals surface area contributed by atoms with Crippen molar-refractivity contribution in [1.29, 1.82) is 0 Å².